The molecule has 3 rings (SSSR count). The van der Waals surface area contributed by atoms with E-state index >= 15 is 0 Å². The third-order valence-electron chi connectivity index (χ3n) is 4.50. The normalized spacial score (nSPS) is 28.7. The van der Waals surface area contributed by atoms with Crippen LogP contribution in [-0.2, 0) is 19.6 Å². The molecule has 0 heterocycles. The summed E-state index contributed by atoms with van der Waals surface area (Å²) < 4.78 is 22.4. The number of carboxylic acid groups (broad SMARTS) is 1. The molecule has 122 valence electrons. The van der Waals surface area contributed by atoms with Gasteiger partial charge >= 0.3 is 5.97 Å². The summed E-state index contributed by atoms with van der Waals surface area (Å²) in [5.74, 6) is -2.82. The van der Waals surface area contributed by atoms with Gasteiger partial charge < -0.3 is 10.4 Å². The molecule has 0 unspecified atom stereocenters. The zero-order valence-corrected chi connectivity index (χ0v) is 12.9. The SMILES string of the molecule is NS(=O)(=O)c1ccc(NC(=O)[C@@H]2[C@@H](C(=O)O)[C@H]3C=C[C@H]2C3)cc1. The summed E-state index contributed by atoms with van der Waals surface area (Å²) >= 11 is 0. The molecule has 2 aliphatic carbocycles. The van der Waals surface area contributed by atoms with Crippen LogP contribution in [0.5, 0.6) is 0 Å². The molecular weight excluding hydrogens is 320 g/mol. The molecule has 0 saturated heterocycles. The quantitative estimate of drug-likeness (QED) is 0.701. The molecule has 1 fully saturated rings. The van der Waals surface area contributed by atoms with Crippen molar-refractivity contribution in [2.75, 3.05) is 5.32 Å². The van der Waals surface area contributed by atoms with Crippen LogP contribution in [0.3, 0.4) is 0 Å². The Hall–Kier alpha value is -2.19. The monoisotopic (exact) mass is 336 g/mol. The number of primary sulfonamides is 1. The first kappa shape index (κ1) is 15.7. The maximum atomic E-state index is 12.5. The van der Waals surface area contributed by atoms with Crippen molar-refractivity contribution in [3.05, 3.63) is 36.4 Å². The number of nitrogens with one attached hydrogen (secondary N) is 1. The van der Waals surface area contributed by atoms with Gasteiger partial charge in [-0.15, -0.1) is 0 Å². The summed E-state index contributed by atoms with van der Waals surface area (Å²) in [5, 5.41) is 17.0. The molecule has 1 saturated carbocycles. The summed E-state index contributed by atoms with van der Waals surface area (Å²) in [6.45, 7) is 0. The Morgan fingerprint density at radius 3 is 2.17 bits per heavy atom. The third-order valence-corrected chi connectivity index (χ3v) is 5.43. The van der Waals surface area contributed by atoms with Gasteiger partial charge in [-0.05, 0) is 42.5 Å². The Balaban J connectivity index is 1.77. The number of allylic oxidation sites excluding steroid dienone is 2. The fraction of sp³-hybridized carbons (Fsp3) is 0.333. The highest BCUT2D eigenvalue weighted by atomic mass is 32.2. The Kier molecular flexibility index (Phi) is 3.73. The second-order valence-electron chi connectivity index (χ2n) is 5.90. The van der Waals surface area contributed by atoms with Crippen LogP contribution in [0, 0.1) is 23.7 Å². The zero-order valence-electron chi connectivity index (χ0n) is 12.0. The summed E-state index contributed by atoms with van der Waals surface area (Å²) in [5.41, 5.74) is 0.401. The van der Waals surface area contributed by atoms with Crippen LogP contribution in [0.1, 0.15) is 6.42 Å². The minimum Gasteiger partial charge on any atom is -0.481 e. The minimum atomic E-state index is -3.79. The number of hydrogen-bond acceptors (Lipinski definition) is 4. The van der Waals surface area contributed by atoms with Crippen LogP contribution in [0.15, 0.2) is 41.3 Å². The van der Waals surface area contributed by atoms with Gasteiger partial charge in [0.25, 0.3) is 0 Å². The molecule has 0 radical (unpaired) electrons. The van der Waals surface area contributed by atoms with Gasteiger partial charge in [0.15, 0.2) is 0 Å². The Morgan fingerprint density at radius 1 is 1.09 bits per heavy atom. The average Bonchev–Trinajstić information content (AvgIpc) is 3.07. The molecule has 0 aromatic heterocycles. The first-order valence-corrected chi connectivity index (χ1v) is 8.67. The lowest BCUT2D eigenvalue weighted by molar-refractivity contribution is -0.146. The number of carbonyl (C=O) groups excluding carboxylic acids is 1. The van der Waals surface area contributed by atoms with Gasteiger partial charge in [0.2, 0.25) is 15.9 Å². The fourth-order valence-corrected chi connectivity index (χ4v) is 3.99. The lowest BCUT2D eigenvalue weighted by Crippen LogP contribution is -2.36. The predicted octanol–water partition coefficient (Wildman–Crippen LogP) is 0.795. The number of nitrogens with two attached hydrogens (primary N) is 1. The number of carbonyl (C=O) groups is 2. The van der Waals surface area contributed by atoms with Crippen LogP contribution >= 0.6 is 0 Å². The number of aliphatic carboxylic acids is 1. The summed E-state index contributed by atoms with van der Waals surface area (Å²) in [4.78, 5) is 23.8. The van der Waals surface area contributed by atoms with Crippen molar-refractivity contribution in [1.29, 1.82) is 0 Å². The minimum absolute atomic E-state index is 0.0539. The number of sulfonamides is 1. The van der Waals surface area contributed by atoms with E-state index in [1.807, 2.05) is 12.2 Å². The van der Waals surface area contributed by atoms with E-state index < -0.39 is 27.8 Å². The number of hydrogen-bond donors (Lipinski definition) is 3. The molecule has 7 nitrogen and oxygen atoms in total. The number of benzene rings is 1. The molecule has 1 aromatic carbocycles. The second kappa shape index (κ2) is 5.47. The average molecular weight is 336 g/mol. The molecule has 0 aliphatic heterocycles. The predicted molar refractivity (Wildman–Crippen MR) is 81.8 cm³/mol. The van der Waals surface area contributed by atoms with Crippen molar-refractivity contribution in [2.24, 2.45) is 28.8 Å². The molecular formula is C15H16N2O5S. The molecule has 2 bridgehead atoms. The van der Waals surface area contributed by atoms with Crippen molar-refractivity contribution in [3.63, 3.8) is 0 Å². The Labute approximate surface area is 133 Å². The van der Waals surface area contributed by atoms with Gasteiger partial charge in [0.05, 0.1) is 16.7 Å². The number of anilines is 1. The Morgan fingerprint density at radius 2 is 1.65 bits per heavy atom. The lowest BCUT2D eigenvalue weighted by atomic mass is 9.82. The van der Waals surface area contributed by atoms with Gasteiger partial charge in [-0.2, -0.15) is 0 Å². The van der Waals surface area contributed by atoms with E-state index in [1.54, 1.807) is 0 Å². The molecule has 1 aromatic rings. The van der Waals surface area contributed by atoms with Gasteiger partial charge in [0, 0.05) is 5.69 Å². The van der Waals surface area contributed by atoms with Gasteiger partial charge in [-0.25, -0.2) is 13.6 Å². The van der Waals surface area contributed by atoms with Crippen molar-refractivity contribution in [1.82, 2.24) is 0 Å². The lowest BCUT2D eigenvalue weighted by Gasteiger charge is -2.23. The fourth-order valence-electron chi connectivity index (χ4n) is 3.47. The van der Waals surface area contributed by atoms with E-state index in [1.165, 1.54) is 24.3 Å². The molecule has 2 aliphatic rings. The molecule has 1 amide bonds. The highest BCUT2D eigenvalue weighted by molar-refractivity contribution is 7.89. The van der Waals surface area contributed by atoms with Crippen molar-refractivity contribution < 1.29 is 23.1 Å². The van der Waals surface area contributed by atoms with E-state index in [9.17, 15) is 23.1 Å². The molecule has 0 spiro atoms. The van der Waals surface area contributed by atoms with Crippen LogP contribution < -0.4 is 10.5 Å². The number of amides is 1. The molecule has 8 heteroatoms. The van der Waals surface area contributed by atoms with Crippen LogP contribution in [0.25, 0.3) is 0 Å². The Bertz CT molecular complexity index is 785. The summed E-state index contributed by atoms with van der Waals surface area (Å²) in [7, 11) is -3.79. The number of carboxylic acids is 1. The van der Waals surface area contributed by atoms with Crippen LogP contribution in [-0.4, -0.2) is 25.4 Å². The summed E-state index contributed by atoms with van der Waals surface area (Å²) in [6, 6.07) is 5.44. The topological polar surface area (TPSA) is 127 Å². The van der Waals surface area contributed by atoms with Crippen LogP contribution in [0.4, 0.5) is 5.69 Å². The highest BCUT2D eigenvalue weighted by Crippen LogP contribution is 2.48. The largest absolute Gasteiger partial charge is 0.481 e. The van der Waals surface area contributed by atoms with E-state index in [4.69, 9.17) is 5.14 Å². The highest BCUT2D eigenvalue weighted by Gasteiger charge is 2.51. The van der Waals surface area contributed by atoms with E-state index in [2.05, 4.69) is 5.32 Å². The molecule has 4 atom stereocenters. The second-order valence-corrected chi connectivity index (χ2v) is 7.46. The first-order valence-electron chi connectivity index (χ1n) is 7.12. The smallest absolute Gasteiger partial charge is 0.307 e. The van der Waals surface area contributed by atoms with E-state index in [0.717, 1.165) is 0 Å². The van der Waals surface area contributed by atoms with Gasteiger partial charge in [-0.3, -0.25) is 9.59 Å². The maximum absolute atomic E-state index is 12.5. The van der Waals surface area contributed by atoms with Crippen molar-refractivity contribution in [3.8, 4) is 0 Å². The molecule has 23 heavy (non-hydrogen) atoms. The first-order chi connectivity index (χ1) is 10.8. The van der Waals surface area contributed by atoms with Crippen molar-refractivity contribution >= 4 is 27.6 Å². The van der Waals surface area contributed by atoms with E-state index in [-0.39, 0.29) is 22.6 Å². The van der Waals surface area contributed by atoms with Gasteiger partial charge in [0.1, 0.15) is 0 Å². The number of rotatable bonds is 4. The zero-order chi connectivity index (χ0) is 16.8. The summed E-state index contributed by atoms with van der Waals surface area (Å²) in [6.07, 6.45) is 4.45. The third kappa shape index (κ3) is 2.87. The van der Waals surface area contributed by atoms with Crippen molar-refractivity contribution in [2.45, 2.75) is 11.3 Å². The van der Waals surface area contributed by atoms with Crippen LogP contribution in [0.2, 0.25) is 0 Å². The van der Waals surface area contributed by atoms with Gasteiger partial charge in [-0.1, -0.05) is 12.2 Å². The molecule has 4 N–H and O–H groups in total. The standard InChI is InChI=1S/C15H16N2O5S/c16-23(21,22)11-5-3-10(4-6-11)17-14(18)12-8-1-2-9(7-8)13(12)15(19)20/h1-6,8-9,12-13H,7H2,(H,17,18)(H,19,20)(H2,16,21,22)/t8-,9-,12-,13-/m0/s1. The number of fused-ring (bicyclic) bond motifs is 2. The van der Waals surface area contributed by atoms with E-state index in [0.29, 0.717) is 12.1 Å². The maximum Gasteiger partial charge on any atom is 0.307 e.